The number of piperidine rings is 1. The molecule has 0 saturated carbocycles. The third-order valence-corrected chi connectivity index (χ3v) is 7.18. The molecule has 0 radical (unpaired) electrons. The monoisotopic (exact) mass is 508 g/mol. The molecule has 2 N–H and O–H groups in total. The molecular formula is C31H36N6O. The lowest BCUT2D eigenvalue weighted by molar-refractivity contribution is -0.125. The first-order valence-corrected chi connectivity index (χ1v) is 13.5. The molecule has 1 aliphatic rings. The first-order chi connectivity index (χ1) is 18.5. The fourth-order valence-corrected chi connectivity index (χ4v) is 4.99. The molecule has 1 atom stereocenters. The van der Waals surface area contributed by atoms with Crippen molar-refractivity contribution in [3.05, 3.63) is 78.8 Å². The third-order valence-electron chi connectivity index (χ3n) is 7.18. The van der Waals surface area contributed by atoms with E-state index in [1.807, 2.05) is 48.9 Å². The molecule has 1 saturated heterocycles. The molecule has 1 amide bonds. The van der Waals surface area contributed by atoms with Crippen LogP contribution in [-0.4, -0.2) is 40.5 Å². The minimum Gasteiger partial charge on any atom is -0.364 e. The van der Waals surface area contributed by atoms with Crippen LogP contribution in [0.5, 0.6) is 0 Å². The molecule has 1 aliphatic heterocycles. The Morgan fingerprint density at radius 2 is 1.82 bits per heavy atom. The molecule has 3 aromatic heterocycles. The number of nitrogens with zero attached hydrogens (tertiary/aromatic N) is 4. The summed E-state index contributed by atoms with van der Waals surface area (Å²) in [6, 6.07) is 18.7. The summed E-state index contributed by atoms with van der Waals surface area (Å²) < 4.78 is 0. The minimum atomic E-state index is 0.0570. The SMILES string of the molecule is CC(C)CNC(=O)C1CCN(c2nc(-c3ccnc(N[C@@H](C)c4ccccc4)c3)cc3cnccc23)CC1. The molecule has 7 heteroatoms. The van der Waals surface area contributed by atoms with Crippen molar-refractivity contribution in [3.8, 4) is 11.3 Å². The van der Waals surface area contributed by atoms with E-state index in [1.165, 1.54) is 5.56 Å². The van der Waals surface area contributed by atoms with E-state index in [4.69, 9.17) is 4.98 Å². The van der Waals surface area contributed by atoms with Crippen LogP contribution >= 0.6 is 0 Å². The Kier molecular flexibility index (Phi) is 7.82. The van der Waals surface area contributed by atoms with Crippen molar-refractivity contribution in [2.45, 2.75) is 39.7 Å². The number of hydrogen-bond acceptors (Lipinski definition) is 6. The van der Waals surface area contributed by atoms with Crippen molar-refractivity contribution in [2.24, 2.45) is 11.8 Å². The Morgan fingerprint density at radius 1 is 1.03 bits per heavy atom. The molecule has 0 bridgehead atoms. The smallest absolute Gasteiger partial charge is 0.223 e. The Balaban J connectivity index is 1.38. The fourth-order valence-electron chi connectivity index (χ4n) is 4.99. The van der Waals surface area contributed by atoms with Gasteiger partial charge in [0, 0.05) is 66.5 Å². The zero-order valence-corrected chi connectivity index (χ0v) is 22.4. The number of aromatic nitrogens is 3. The van der Waals surface area contributed by atoms with E-state index < -0.39 is 0 Å². The molecule has 5 rings (SSSR count). The third kappa shape index (κ3) is 5.93. The highest BCUT2D eigenvalue weighted by Crippen LogP contribution is 2.33. The van der Waals surface area contributed by atoms with Crippen LogP contribution in [0.2, 0.25) is 0 Å². The quantitative estimate of drug-likeness (QED) is 0.311. The van der Waals surface area contributed by atoms with Gasteiger partial charge in [0.05, 0.1) is 5.69 Å². The number of pyridine rings is 3. The van der Waals surface area contributed by atoms with Gasteiger partial charge in [0.1, 0.15) is 11.6 Å². The largest absolute Gasteiger partial charge is 0.364 e. The predicted octanol–water partition coefficient (Wildman–Crippen LogP) is 5.85. The van der Waals surface area contributed by atoms with Crippen molar-refractivity contribution < 1.29 is 4.79 Å². The molecule has 196 valence electrons. The van der Waals surface area contributed by atoms with Gasteiger partial charge in [0.25, 0.3) is 0 Å². The van der Waals surface area contributed by atoms with Crippen LogP contribution in [0.3, 0.4) is 0 Å². The number of hydrogen-bond donors (Lipinski definition) is 2. The van der Waals surface area contributed by atoms with Gasteiger partial charge in [-0.1, -0.05) is 44.2 Å². The number of amides is 1. The number of anilines is 2. The molecule has 38 heavy (non-hydrogen) atoms. The predicted molar refractivity (Wildman–Crippen MR) is 154 cm³/mol. The van der Waals surface area contributed by atoms with Crippen LogP contribution in [0.25, 0.3) is 22.0 Å². The van der Waals surface area contributed by atoms with Gasteiger partial charge in [0.2, 0.25) is 5.91 Å². The summed E-state index contributed by atoms with van der Waals surface area (Å²) in [6.45, 7) is 8.69. The van der Waals surface area contributed by atoms with Crippen molar-refractivity contribution in [1.29, 1.82) is 0 Å². The normalized spacial score (nSPS) is 15.0. The van der Waals surface area contributed by atoms with Gasteiger partial charge in [-0.3, -0.25) is 9.78 Å². The highest BCUT2D eigenvalue weighted by atomic mass is 16.1. The van der Waals surface area contributed by atoms with Crippen molar-refractivity contribution in [2.75, 3.05) is 29.9 Å². The minimum absolute atomic E-state index is 0.0570. The number of nitrogens with one attached hydrogen (secondary N) is 2. The van der Waals surface area contributed by atoms with E-state index in [0.717, 1.165) is 66.1 Å². The Morgan fingerprint density at radius 3 is 2.58 bits per heavy atom. The second kappa shape index (κ2) is 11.6. The van der Waals surface area contributed by atoms with Crippen LogP contribution in [-0.2, 0) is 4.79 Å². The fraction of sp³-hybridized carbons (Fsp3) is 0.355. The van der Waals surface area contributed by atoms with E-state index in [2.05, 4.69) is 70.5 Å². The standard InChI is InChI=1S/C31H36N6O/c1-21(2)19-34-31(38)24-11-15-37(16-12-24)30-27-10-13-32-20-26(27)17-28(36-30)25-9-14-33-29(18-25)35-22(3)23-7-5-4-6-8-23/h4-10,13-14,17-18,20-22,24H,11-12,15-16,19H2,1-3H3,(H,33,35)(H,34,38)/t22-/m0/s1. The van der Waals surface area contributed by atoms with E-state index in [1.54, 1.807) is 0 Å². The van der Waals surface area contributed by atoms with Gasteiger partial charge < -0.3 is 15.5 Å². The molecular weight excluding hydrogens is 472 g/mol. The Hall–Kier alpha value is -4.00. The molecule has 1 aromatic carbocycles. The maximum atomic E-state index is 12.6. The lowest BCUT2D eigenvalue weighted by Crippen LogP contribution is -2.41. The highest BCUT2D eigenvalue weighted by Gasteiger charge is 2.27. The van der Waals surface area contributed by atoms with Crippen LogP contribution in [0, 0.1) is 11.8 Å². The summed E-state index contributed by atoms with van der Waals surface area (Å²) in [5, 5.41) is 8.75. The van der Waals surface area contributed by atoms with E-state index in [0.29, 0.717) is 5.92 Å². The van der Waals surface area contributed by atoms with E-state index >= 15 is 0 Å². The molecule has 0 spiro atoms. The van der Waals surface area contributed by atoms with Gasteiger partial charge in [-0.2, -0.15) is 0 Å². The summed E-state index contributed by atoms with van der Waals surface area (Å²) in [4.78, 5) is 29.0. The lowest BCUT2D eigenvalue weighted by atomic mass is 9.95. The van der Waals surface area contributed by atoms with Crippen LogP contribution in [0.4, 0.5) is 11.6 Å². The molecule has 4 heterocycles. The molecule has 4 aromatic rings. The maximum Gasteiger partial charge on any atom is 0.223 e. The van der Waals surface area contributed by atoms with Gasteiger partial charge in [-0.05, 0) is 55.5 Å². The maximum absolute atomic E-state index is 12.6. The summed E-state index contributed by atoms with van der Waals surface area (Å²) in [5.41, 5.74) is 3.09. The summed E-state index contributed by atoms with van der Waals surface area (Å²) >= 11 is 0. The van der Waals surface area contributed by atoms with Crippen molar-refractivity contribution >= 4 is 28.3 Å². The zero-order valence-electron chi connectivity index (χ0n) is 22.4. The van der Waals surface area contributed by atoms with Crippen LogP contribution in [0.15, 0.2) is 73.2 Å². The second-order valence-electron chi connectivity index (χ2n) is 10.5. The van der Waals surface area contributed by atoms with Gasteiger partial charge >= 0.3 is 0 Å². The number of benzene rings is 1. The van der Waals surface area contributed by atoms with Gasteiger partial charge in [0.15, 0.2) is 0 Å². The van der Waals surface area contributed by atoms with Crippen molar-refractivity contribution in [3.63, 3.8) is 0 Å². The van der Waals surface area contributed by atoms with E-state index in [-0.39, 0.29) is 17.9 Å². The Labute approximate surface area is 224 Å². The first-order valence-electron chi connectivity index (χ1n) is 13.5. The molecule has 0 unspecified atom stereocenters. The van der Waals surface area contributed by atoms with Crippen LogP contribution in [0.1, 0.15) is 45.2 Å². The van der Waals surface area contributed by atoms with E-state index in [9.17, 15) is 4.79 Å². The number of fused-ring (bicyclic) bond motifs is 1. The average molecular weight is 509 g/mol. The number of carbonyl (C=O) groups is 1. The van der Waals surface area contributed by atoms with Crippen molar-refractivity contribution in [1.82, 2.24) is 20.3 Å². The van der Waals surface area contributed by atoms with Crippen LogP contribution < -0.4 is 15.5 Å². The lowest BCUT2D eigenvalue weighted by Gasteiger charge is -2.33. The summed E-state index contributed by atoms with van der Waals surface area (Å²) in [6.07, 6.45) is 7.18. The van der Waals surface area contributed by atoms with Gasteiger partial charge in [-0.25, -0.2) is 9.97 Å². The highest BCUT2D eigenvalue weighted by molar-refractivity contribution is 5.94. The molecule has 0 aliphatic carbocycles. The number of carbonyl (C=O) groups excluding carboxylic acids is 1. The first kappa shape index (κ1) is 25.6. The topological polar surface area (TPSA) is 83.0 Å². The average Bonchev–Trinajstić information content (AvgIpc) is 2.96. The molecule has 7 nitrogen and oxygen atoms in total. The Bertz CT molecular complexity index is 1380. The zero-order chi connectivity index (χ0) is 26.5. The molecule has 1 fully saturated rings. The number of rotatable bonds is 8. The summed E-state index contributed by atoms with van der Waals surface area (Å²) in [5.74, 6) is 2.44. The van der Waals surface area contributed by atoms with Gasteiger partial charge in [-0.15, -0.1) is 0 Å². The summed E-state index contributed by atoms with van der Waals surface area (Å²) in [7, 11) is 0. The second-order valence-corrected chi connectivity index (χ2v) is 10.5.